The maximum atomic E-state index is 11.8. The Morgan fingerprint density at radius 3 is 3.06 bits per heavy atom. The number of anilines is 1. The van der Waals surface area contributed by atoms with Gasteiger partial charge in [-0.3, -0.25) is 9.89 Å². The van der Waals surface area contributed by atoms with Crippen LogP contribution in [0.15, 0.2) is 6.07 Å². The van der Waals surface area contributed by atoms with E-state index in [9.17, 15) is 4.79 Å². The zero-order chi connectivity index (χ0) is 13.1. The van der Waals surface area contributed by atoms with Gasteiger partial charge in [0.1, 0.15) is 11.5 Å². The van der Waals surface area contributed by atoms with Crippen LogP contribution >= 0.6 is 0 Å². The number of aromatic nitrogens is 2. The maximum absolute atomic E-state index is 11.8. The highest BCUT2D eigenvalue weighted by molar-refractivity contribution is 5.92. The number of H-pyrrole nitrogens is 1. The van der Waals surface area contributed by atoms with Crippen LogP contribution in [-0.2, 0) is 0 Å². The standard InChI is InChI=1S/C12H21N5O/c1-8(2)17-4-3-9(7-17)6-14-12(18)10-5-11(13)16-15-10/h5,8-9H,3-4,6-7H2,1-2H3,(H,14,18)(H3,13,15,16). The Hall–Kier alpha value is -1.56. The Labute approximate surface area is 107 Å². The topological polar surface area (TPSA) is 87.0 Å². The van der Waals surface area contributed by atoms with E-state index in [1.807, 2.05) is 0 Å². The normalized spacial score (nSPS) is 20.5. The summed E-state index contributed by atoms with van der Waals surface area (Å²) in [6.45, 7) is 7.29. The number of nitrogen functional groups attached to an aromatic ring is 1. The van der Waals surface area contributed by atoms with E-state index in [0.717, 1.165) is 19.5 Å². The van der Waals surface area contributed by atoms with Crippen molar-refractivity contribution in [1.29, 1.82) is 0 Å². The van der Waals surface area contributed by atoms with E-state index in [4.69, 9.17) is 5.73 Å². The van der Waals surface area contributed by atoms with Crippen LogP contribution < -0.4 is 11.1 Å². The quantitative estimate of drug-likeness (QED) is 0.725. The van der Waals surface area contributed by atoms with Crippen molar-refractivity contribution >= 4 is 11.7 Å². The number of hydrogen-bond acceptors (Lipinski definition) is 4. The number of nitrogens with one attached hydrogen (secondary N) is 2. The Morgan fingerprint density at radius 1 is 1.72 bits per heavy atom. The molecule has 0 aliphatic carbocycles. The highest BCUT2D eigenvalue weighted by Crippen LogP contribution is 2.17. The van der Waals surface area contributed by atoms with Gasteiger partial charge in [-0.05, 0) is 32.7 Å². The molecule has 18 heavy (non-hydrogen) atoms. The fourth-order valence-electron chi connectivity index (χ4n) is 2.28. The van der Waals surface area contributed by atoms with Crippen molar-refractivity contribution in [2.45, 2.75) is 26.3 Å². The molecule has 1 saturated heterocycles. The number of carbonyl (C=O) groups is 1. The second kappa shape index (κ2) is 5.39. The number of amides is 1. The van der Waals surface area contributed by atoms with Crippen molar-refractivity contribution in [3.8, 4) is 0 Å². The van der Waals surface area contributed by atoms with Crippen molar-refractivity contribution in [3.63, 3.8) is 0 Å². The Kier molecular flexibility index (Phi) is 3.86. The fourth-order valence-corrected chi connectivity index (χ4v) is 2.28. The number of likely N-dealkylation sites (tertiary alicyclic amines) is 1. The summed E-state index contributed by atoms with van der Waals surface area (Å²) in [5.74, 6) is 0.741. The zero-order valence-corrected chi connectivity index (χ0v) is 10.9. The average Bonchev–Trinajstić information content (AvgIpc) is 2.94. The molecule has 0 spiro atoms. The highest BCUT2D eigenvalue weighted by atomic mass is 16.1. The molecule has 0 bridgehead atoms. The molecule has 4 N–H and O–H groups in total. The lowest BCUT2D eigenvalue weighted by Crippen LogP contribution is -2.33. The van der Waals surface area contributed by atoms with Crippen LogP contribution in [0.1, 0.15) is 30.8 Å². The van der Waals surface area contributed by atoms with Crippen LogP contribution in [0.3, 0.4) is 0 Å². The summed E-state index contributed by atoms with van der Waals surface area (Å²) in [5.41, 5.74) is 5.88. The number of rotatable bonds is 4. The second-order valence-electron chi connectivity index (χ2n) is 5.16. The van der Waals surface area contributed by atoms with E-state index in [0.29, 0.717) is 30.0 Å². The summed E-state index contributed by atoms with van der Waals surface area (Å²) in [4.78, 5) is 14.2. The van der Waals surface area contributed by atoms with Crippen LogP contribution in [0.2, 0.25) is 0 Å². The van der Waals surface area contributed by atoms with Crippen molar-refractivity contribution in [1.82, 2.24) is 20.4 Å². The van der Waals surface area contributed by atoms with Crippen molar-refractivity contribution in [3.05, 3.63) is 11.8 Å². The van der Waals surface area contributed by atoms with Crippen LogP contribution in [0.4, 0.5) is 5.82 Å². The predicted octanol–water partition coefficient (Wildman–Crippen LogP) is 0.452. The molecule has 1 aliphatic heterocycles. The largest absolute Gasteiger partial charge is 0.382 e. The molecule has 1 aliphatic rings. The van der Waals surface area contributed by atoms with Crippen LogP contribution in [0, 0.1) is 5.92 Å². The first kappa shape index (κ1) is 12.9. The molecular weight excluding hydrogens is 230 g/mol. The van der Waals surface area contributed by atoms with Crippen molar-refractivity contribution < 1.29 is 4.79 Å². The van der Waals surface area contributed by atoms with Gasteiger partial charge in [0.2, 0.25) is 0 Å². The molecule has 1 fully saturated rings. The number of nitrogens with zero attached hydrogens (tertiary/aromatic N) is 2. The van der Waals surface area contributed by atoms with E-state index in [1.54, 1.807) is 6.07 Å². The summed E-state index contributed by atoms with van der Waals surface area (Å²) >= 11 is 0. The molecule has 0 radical (unpaired) electrons. The molecule has 0 aromatic carbocycles. The van der Waals surface area contributed by atoms with Crippen LogP contribution in [-0.4, -0.2) is 46.7 Å². The van der Waals surface area contributed by atoms with Crippen molar-refractivity contribution in [2.24, 2.45) is 5.92 Å². The Bertz CT molecular complexity index is 414. The third kappa shape index (κ3) is 3.01. The molecule has 1 atom stereocenters. The van der Waals surface area contributed by atoms with Crippen LogP contribution in [0.5, 0.6) is 0 Å². The number of carbonyl (C=O) groups excluding carboxylic acids is 1. The molecule has 0 saturated carbocycles. The number of hydrogen-bond donors (Lipinski definition) is 3. The van der Waals surface area contributed by atoms with Crippen molar-refractivity contribution in [2.75, 3.05) is 25.4 Å². The molecule has 100 valence electrons. The molecule has 1 amide bonds. The number of aromatic amines is 1. The molecule has 6 nitrogen and oxygen atoms in total. The van der Waals surface area contributed by atoms with E-state index in [1.165, 1.54) is 0 Å². The van der Waals surface area contributed by atoms with Gasteiger partial charge in [0, 0.05) is 25.2 Å². The van der Waals surface area contributed by atoms with Gasteiger partial charge in [-0.25, -0.2) is 0 Å². The summed E-state index contributed by atoms with van der Waals surface area (Å²) in [6, 6.07) is 2.13. The smallest absolute Gasteiger partial charge is 0.269 e. The fraction of sp³-hybridized carbons (Fsp3) is 0.667. The minimum atomic E-state index is -0.137. The number of nitrogens with two attached hydrogens (primary N) is 1. The van der Waals surface area contributed by atoms with E-state index < -0.39 is 0 Å². The van der Waals surface area contributed by atoms with Gasteiger partial charge in [-0.15, -0.1) is 0 Å². The average molecular weight is 251 g/mol. The first-order valence-electron chi connectivity index (χ1n) is 6.39. The highest BCUT2D eigenvalue weighted by Gasteiger charge is 2.24. The Balaban J connectivity index is 1.77. The molecule has 6 heteroatoms. The van der Waals surface area contributed by atoms with Gasteiger partial charge >= 0.3 is 0 Å². The minimum absolute atomic E-state index is 0.137. The molecule has 1 aromatic rings. The molecule has 2 heterocycles. The molecule has 1 unspecified atom stereocenters. The van der Waals surface area contributed by atoms with Gasteiger partial charge < -0.3 is 16.0 Å². The zero-order valence-electron chi connectivity index (χ0n) is 10.9. The first-order valence-corrected chi connectivity index (χ1v) is 6.39. The molecule has 2 rings (SSSR count). The first-order chi connectivity index (χ1) is 8.56. The molecule has 1 aromatic heterocycles. The van der Waals surface area contributed by atoms with Crippen LogP contribution in [0.25, 0.3) is 0 Å². The SMILES string of the molecule is CC(C)N1CCC(CNC(=O)c2cc(N)n[nH]2)C1. The van der Waals surface area contributed by atoms with Gasteiger partial charge in [-0.1, -0.05) is 0 Å². The van der Waals surface area contributed by atoms with Gasteiger partial charge in [0.25, 0.3) is 5.91 Å². The summed E-state index contributed by atoms with van der Waals surface area (Å²) in [6.07, 6.45) is 1.14. The van der Waals surface area contributed by atoms with Gasteiger partial charge in [-0.2, -0.15) is 5.10 Å². The lowest BCUT2D eigenvalue weighted by atomic mass is 10.1. The summed E-state index contributed by atoms with van der Waals surface area (Å²) in [5, 5.41) is 9.27. The van der Waals surface area contributed by atoms with E-state index in [2.05, 4.69) is 34.3 Å². The van der Waals surface area contributed by atoms with Gasteiger partial charge in [0.15, 0.2) is 0 Å². The predicted molar refractivity (Wildman–Crippen MR) is 70.1 cm³/mol. The van der Waals surface area contributed by atoms with E-state index >= 15 is 0 Å². The monoisotopic (exact) mass is 251 g/mol. The summed E-state index contributed by atoms with van der Waals surface area (Å²) < 4.78 is 0. The molecular formula is C12H21N5O. The third-order valence-electron chi connectivity index (χ3n) is 3.44. The van der Waals surface area contributed by atoms with Gasteiger partial charge in [0.05, 0.1) is 0 Å². The second-order valence-corrected chi connectivity index (χ2v) is 5.16. The summed E-state index contributed by atoms with van der Waals surface area (Å²) in [7, 11) is 0. The third-order valence-corrected chi connectivity index (χ3v) is 3.44. The minimum Gasteiger partial charge on any atom is -0.382 e. The lowest BCUT2D eigenvalue weighted by Gasteiger charge is -2.20. The lowest BCUT2D eigenvalue weighted by molar-refractivity contribution is 0.0942. The Morgan fingerprint density at radius 2 is 2.50 bits per heavy atom. The van der Waals surface area contributed by atoms with E-state index in [-0.39, 0.29) is 5.91 Å². The maximum Gasteiger partial charge on any atom is 0.269 e.